The van der Waals surface area contributed by atoms with Crippen LogP contribution in [0.25, 0.3) is 0 Å². The summed E-state index contributed by atoms with van der Waals surface area (Å²) in [4.78, 5) is 11.7. The van der Waals surface area contributed by atoms with Crippen LogP contribution >= 0.6 is 0 Å². The zero-order valence-electron chi connectivity index (χ0n) is 11.0. The number of halogens is 1. The highest BCUT2D eigenvalue weighted by molar-refractivity contribution is 5.78. The van der Waals surface area contributed by atoms with E-state index in [9.17, 15) is 9.18 Å². The van der Waals surface area contributed by atoms with E-state index in [-0.39, 0.29) is 17.5 Å². The van der Waals surface area contributed by atoms with Crippen molar-refractivity contribution in [2.75, 3.05) is 0 Å². The van der Waals surface area contributed by atoms with Crippen molar-refractivity contribution in [3.8, 4) is 0 Å². The molecule has 0 bridgehead atoms. The number of Topliss-reactive ketones (excluding diaryl/α,β-unsaturated/α-hetero) is 1. The summed E-state index contributed by atoms with van der Waals surface area (Å²) >= 11 is 0. The van der Waals surface area contributed by atoms with Crippen LogP contribution in [0, 0.1) is 11.7 Å². The van der Waals surface area contributed by atoms with Gasteiger partial charge in [0.15, 0.2) is 0 Å². The molecule has 98 valence electrons. The van der Waals surface area contributed by atoms with Crippen LogP contribution in [0.4, 0.5) is 4.39 Å². The zero-order valence-corrected chi connectivity index (χ0v) is 11.0. The average Bonchev–Trinajstić information content (AvgIpc) is 2.41. The molecule has 0 radical (unpaired) electrons. The van der Waals surface area contributed by atoms with E-state index in [0.717, 1.165) is 5.56 Å². The number of hydrogen-bond acceptors (Lipinski definition) is 1. The summed E-state index contributed by atoms with van der Waals surface area (Å²) < 4.78 is 13.6. The Morgan fingerprint density at radius 3 is 2.26 bits per heavy atom. The molecule has 0 fully saturated rings. The van der Waals surface area contributed by atoms with Crippen LogP contribution in [0.5, 0.6) is 0 Å². The topological polar surface area (TPSA) is 17.1 Å². The van der Waals surface area contributed by atoms with Gasteiger partial charge in [-0.15, -0.1) is 0 Å². The Balaban J connectivity index is 2.13. The number of ketones is 1. The van der Waals surface area contributed by atoms with Gasteiger partial charge in [-0.1, -0.05) is 48.5 Å². The van der Waals surface area contributed by atoms with Crippen molar-refractivity contribution >= 4 is 5.78 Å². The predicted octanol–water partition coefficient (Wildman–Crippen LogP) is 3.82. The summed E-state index contributed by atoms with van der Waals surface area (Å²) in [6.07, 6.45) is 1.11. The molecule has 1 nitrogen and oxygen atoms in total. The maximum absolute atomic E-state index is 13.6. The first-order chi connectivity index (χ1) is 9.16. The van der Waals surface area contributed by atoms with E-state index in [1.54, 1.807) is 25.1 Å². The molecule has 0 saturated heterocycles. The van der Waals surface area contributed by atoms with E-state index < -0.39 is 0 Å². The first-order valence-corrected chi connectivity index (χ1v) is 6.44. The van der Waals surface area contributed by atoms with E-state index in [0.29, 0.717) is 18.4 Å². The molecule has 0 aromatic heterocycles. The Labute approximate surface area is 113 Å². The van der Waals surface area contributed by atoms with Crippen LogP contribution < -0.4 is 0 Å². The maximum Gasteiger partial charge on any atom is 0.133 e. The van der Waals surface area contributed by atoms with Crippen LogP contribution in [-0.2, 0) is 17.6 Å². The van der Waals surface area contributed by atoms with Gasteiger partial charge >= 0.3 is 0 Å². The number of benzene rings is 2. The lowest BCUT2D eigenvalue weighted by atomic mass is 9.89. The third kappa shape index (κ3) is 3.75. The molecule has 2 heteroatoms. The zero-order chi connectivity index (χ0) is 13.7. The van der Waals surface area contributed by atoms with Gasteiger partial charge in [-0.05, 0) is 37.0 Å². The van der Waals surface area contributed by atoms with Gasteiger partial charge in [0.25, 0.3) is 0 Å². The van der Waals surface area contributed by atoms with E-state index in [2.05, 4.69) is 0 Å². The highest BCUT2D eigenvalue weighted by Crippen LogP contribution is 2.17. The van der Waals surface area contributed by atoms with Gasteiger partial charge in [-0.3, -0.25) is 4.79 Å². The molecule has 0 aliphatic rings. The van der Waals surface area contributed by atoms with Gasteiger partial charge in [-0.25, -0.2) is 4.39 Å². The minimum absolute atomic E-state index is 0.104. The molecule has 2 rings (SSSR count). The van der Waals surface area contributed by atoms with Crippen molar-refractivity contribution in [2.45, 2.75) is 19.8 Å². The van der Waals surface area contributed by atoms with Crippen LogP contribution in [0.2, 0.25) is 0 Å². The first kappa shape index (κ1) is 13.5. The van der Waals surface area contributed by atoms with Crippen molar-refractivity contribution in [1.82, 2.24) is 0 Å². The van der Waals surface area contributed by atoms with Crippen molar-refractivity contribution in [3.63, 3.8) is 0 Å². The summed E-state index contributed by atoms with van der Waals surface area (Å²) in [5.74, 6) is -0.298. The van der Waals surface area contributed by atoms with Gasteiger partial charge in [0.2, 0.25) is 0 Å². The van der Waals surface area contributed by atoms with Crippen LogP contribution in [0.1, 0.15) is 18.1 Å². The van der Waals surface area contributed by atoms with Crippen molar-refractivity contribution in [3.05, 3.63) is 71.5 Å². The van der Waals surface area contributed by atoms with Gasteiger partial charge in [0, 0.05) is 5.92 Å². The standard InChI is InChI=1S/C17H17FO/c1-13(19)16(11-14-7-3-2-4-8-14)12-15-9-5-6-10-17(15)18/h2-10,16H,11-12H2,1H3. The minimum Gasteiger partial charge on any atom is -0.300 e. The third-order valence-corrected chi connectivity index (χ3v) is 3.32. The van der Waals surface area contributed by atoms with Crippen molar-refractivity contribution in [1.29, 1.82) is 0 Å². The quantitative estimate of drug-likeness (QED) is 0.795. The summed E-state index contributed by atoms with van der Waals surface area (Å²) in [6, 6.07) is 16.5. The van der Waals surface area contributed by atoms with E-state index in [1.807, 2.05) is 30.3 Å². The van der Waals surface area contributed by atoms with Gasteiger partial charge in [-0.2, -0.15) is 0 Å². The second-order valence-electron chi connectivity index (χ2n) is 4.79. The van der Waals surface area contributed by atoms with Gasteiger partial charge < -0.3 is 0 Å². The monoisotopic (exact) mass is 256 g/mol. The summed E-state index contributed by atoms with van der Waals surface area (Å²) in [5, 5.41) is 0. The molecule has 19 heavy (non-hydrogen) atoms. The molecule has 2 aromatic carbocycles. The normalized spacial score (nSPS) is 12.1. The molecule has 0 N–H and O–H groups in total. The Morgan fingerprint density at radius 1 is 1.00 bits per heavy atom. The Bertz CT molecular complexity index is 548. The third-order valence-electron chi connectivity index (χ3n) is 3.32. The second kappa shape index (κ2) is 6.28. The Hall–Kier alpha value is -1.96. The fraction of sp³-hybridized carbons (Fsp3) is 0.235. The molecule has 0 aliphatic carbocycles. The second-order valence-corrected chi connectivity index (χ2v) is 4.79. The molecule has 1 unspecified atom stereocenters. The molecule has 0 amide bonds. The molecular weight excluding hydrogens is 239 g/mol. The smallest absolute Gasteiger partial charge is 0.133 e. The summed E-state index contributed by atoms with van der Waals surface area (Å²) in [5.41, 5.74) is 1.72. The van der Waals surface area contributed by atoms with Crippen LogP contribution in [0.3, 0.4) is 0 Å². The average molecular weight is 256 g/mol. The molecule has 2 aromatic rings. The van der Waals surface area contributed by atoms with Crippen molar-refractivity contribution in [2.24, 2.45) is 5.92 Å². The fourth-order valence-electron chi connectivity index (χ4n) is 2.19. The Kier molecular flexibility index (Phi) is 4.45. The lowest BCUT2D eigenvalue weighted by Crippen LogP contribution is -2.17. The SMILES string of the molecule is CC(=O)C(Cc1ccccc1)Cc1ccccc1F. The lowest BCUT2D eigenvalue weighted by molar-refractivity contribution is -0.120. The predicted molar refractivity (Wildman–Crippen MR) is 74.4 cm³/mol. The van der Waals surface area contributed by atoms with Crippen LogP contribution in [0.15, 0.2) is 54.6 Å². The van der Waals surface area contributed by atoms with Gasteiger partial charge in [0.1, 0.15) is 11.6 Å². The molecule has 0 spiro atoms. The number of carbonyl (C=O) groups excluding carboxylic acids is 1. The number of hydrogen-bond donors (Lipinski definition) is 0. The van der Waals surface area contributed by atoms with E-state index in [4.69, 9.17) is 0 Å². The number of rotatable bonds is 5. The van der Waals surface area contributed by atoms with Crippen LogP contribution in [-0.4, -0.2) is 5.78 Å². The highest BCUT2D eigenvalue weighted by Gasteiger charge is 2.17. The molecule has 0 saturated carbocycles. The van der Waals surface area contributed by atoms with Gasteiger partial charge in [0.05, 0.1) is 0 Å². The fourth-order valence-corrected chi connectivity index (χ4v) is 2.19. The molecule has 1 atom stereocenters. The minimum atomic E-state index is -0.234. The largest absolute Gasteiger partial charge is 0.300 e. The maximum atomic E-state index is 13.6. The van der Waals surface area contributed by atoms with Crippen molar-refractivity contribution < 1.29 is 9.18 Å². The highest BCUT2D eigenvalue weighted by atomic mass is 19.1. The van der Waals surface area contributed by atoms with E-state index in [1.165, 1.54) is 6.07 Å². The first-order valence-electron chi connectivity index (χ1n) is 6.44. The summed E-state index contributed by atoms with van der Waals surface area (Å²) in [7, 11) is 0. The summed E-state index contributed by atoms with van der Waals surface area (Å²) in [6.45, 7) is 1.58. The number of carbonyl (C=O) groups is 1. The molecule has 0 heterocycles. The lowest BCUT2D eigenvalue weighted by Gasteiger charge is -2.14. The van der Waals surface area contributed by atoms with E-state index >= 15 is 0 Å². The molecule has 0 aliphatic heterocycles. The molecular formula is C17H17FO. The Morgan fingerprint density at radius 2 is 1.63 bits per heavy atom.